The van der Waals surface area contributed by atoms with Crippen LogP contribution < -0.4 is 5.32 Å². The minimum Gasteiger partial charge on any atom is -0.381 e. The Bertz CT molecular complexity index is 1300. The number of ether oxygens (including phenoxy) is 1. The maximum Gasteiger partial charge on any atom is 0.253 e. The molecule has 0 radical (unpaired) electrons. The van der Waals surface area contributed by atoms with Crippen LogP contribution in [-0.2, 0) is 18.3 Å². The minimum atomic E-state index is -0.376. The number of fused-ring (bicyclic) bond motifs is 1. The van der Waals surface area contributed by atoms with Crippen molar-refractivity contribution in [1.82, 2.24) is 19.7 Å². The number of aryl methyl sites for hydroxylation is 2. The van der Waals surface area contributed by atoms with Gasteiger partial charge in [0.1, 0.15) is 5.82 Å². The zero-order valence-corrected chi connectivity index (χ0v) is 18.8. The first kappa shape index (κ1) is 21.4. The molecule has 2 aromatic heterocycles. The standard InChI is InChI=1S/C26H27FN4O2/c1-17-3-8-23(27)24-22(26(32)29-21-9-11-33-12-10-21)16-31(25(17)24)14-18-4-6-19(7-5-18)20-13-28-30(2)15-20/h3-8,13,15-16,21H,9-12,14H2,1-2H3,(H,29,32). The van der Waals surface area contributed by atoms with Crippen LogP contribution in [0.4, 0.5) is 4.39 Å². The van der Waals surface area contributed by atoms with Gasteiger partial charge in [0.05, 0.1) is 17.3 Å². The average Bonchev–Trinajstić information content (AvgIpc) is 3.42. The first-order valence-corrected chi connectivity index (χ1v) is 11.2. The van der Waals surface area contributed by atoms with E-state index in [9.17, 15) is 9.18 Å². The lowest BCUT2D eigenvalue weighted by atomic mass is 10.1. The molecule has 1 aliphatic heterocycles. The van der Waals surface area contributed by atoms with Crippen molar-refractivity contribution in [3.05, 3.63) is 77.5 Å². The van der Waals surface area contributed by atoms with Crippen LogP contribution >= 0.6 is 0 Å². The summed E-state index contributed by atoms with van der Waals surface area (Å²) in [5, 5.41) is 7.68. The number of halogens is 1. The smallest absolute Gasteiger partial charge is 0.253 e. The summed E-state index contributed by atoms with van der Waals surface area (Å²) >= 11 is 0. The van der Waals surface area contributed by atoms with Crippen molar-refractivity contribution >= 4 is 16.8 Å². The van der Waals surface area contributed by atoms with Crippen LogP contribution in [0.5, 0.6) is 0 Å². The second kappa shape index (κ2) is 8.83. The second-order valence-corrected chi connectivity index (χ2v) is 8.72. The number of nitrogens with one attached hydrogen (secondary N) is 1. The summed E-state index contributed by atoms with van der Waals surface area (Å²) in [7, 11) is 1.90. The highest BCUT2D eigenvalue weighted by atomic mass is 19.1. The highest BCUT2D eigenvalue weighted by Gasteiger charge is 2.23. The number of carbonyl (C=O) groups excluding carboxylic acids is 1. The number of amides is 1. The number of aromatic nitrogens is 3. The Labute approximate surface area is 192 Å². The molecular weight excluding hydrogens is 419 g/mol. The molecule has 3 heterocycles. The molecule has 0 atom stereocenters. The monoisotopic (exact) mass is 446 g/mol. The fourth-order valence-corrected chi connectivity index (χ4v) is 4.55. The Balaban J connectivity index is 1.46. The Morgan fingerprint density at radius 1 is 1.12 bits per heavy atom. The molecule has 0 spiro atoms. The minimum absolute atomic E-state index is 0.0533. The molecular formula is C26H27FN4O2. The normalized spacial score (nSPS) is 14.6. The fraction of sp³-hybridized carbons (Fsp3) is 0.308. The van der Waals surface area contributed by atoms with Gasteiger partial charge in [0.25, 0.3) is 5.91 Å². The Morgan fingerprint density at radius 3 is 2.58 bits per heavy atom. The molecule has 0 bridgehead atoms. The Kier molecular flexibility index (Phi) is 5.72. The van der Waals surface area contributed by atoms with Crippen molar-refractivity contribution in [2.24, 2.45) is 7.05 Å². The number of carbonyl (C=O) groups is 1. The largest absolute Gasteiger partial charge is 0.381 e. The summed E-state index contributed by atoms with van der Waals surface area (Å²) in [6.45, 7) is 3.76. The third-order valence-electron chi connectivity index (χ3n) is 6.32. The lowest BCUT2D eigenvalue weighted by Gasteiger charge is -2.23. The first-order chi connectivity index (χ1) is 16.0. The summed E-state index contributed by atoms with van der Waals surface area (Å²) in [6, 6.07) is 11.5. The van der Waals surface area contributed by atoms with E-state index in [1.165, 1.54) is 6.07 Å². The zero-order chi connectivity index (χ0) is 22.9. The summed E-state index contributed by atoms with van der Waals surface area (Å²) in [5.74, 6) is -0.611. The van der Waals surface area contributed by atoms with Crippen LogP contribution in [0.25, 0.3) is 22.0 Å². The zero-order valence-electron chi connectivity index (χ0n) is 18.8. The lowest BCUT2D eigenvalue weighted by Crippen LogP contribution is -2.38. The Morgan fingerprint density at radius 2 is 1.88 bits per heavy atom. The summed E-state index contributed by atoms with van der Waals surface area (Å²) in [4.78, 5) is 13.1. The highest BCUT2D eigenvalue weighted by molar-refractivity contribution is 6.08. The highest BCUT2D eigenvalue weighted by Crippen LogP contribution is 2.29. The second-order valence-electron chi connectivity index (χ2n) is 8.72. The van der Waals surface area contributed by atoms with Crippen molar-refractivity contribution in [1.29, 1.82) is 0 Å². The maximum absolute atomic E-state index is 14.9. The van der Waals surface area contributed by atoms with Gasteiger partial charge in [-0.3, -0.25) is 9.48 Å². The molecule has 4 aromatic rings. The van der Waals surface area contributed by atoms with E-state index in [-0.39, 0.29) is 17.8 Å². The van der Waals surface area contributed by atoms with Crippen molar-refractivity contribution < 1.29 is 13.9 Å². The number of benzene rings is 2. The number of nitrogens with zero attached hydrogens (tertiary/aromatic N) is 3. The van der Waals surface area contributed by atoms with Gasteiger partial charge in [-0.25, -0.2) is 4.39 Å². The molecule has 2 aromatic carbocycles. The SMILES string of the molecule is Cc1ccc(F)c2c(C(=O)NC3CCOCC3)cn(Cc3ccc(-c4cnn(C)c4)cc3)c12. The van der Waals surface area contributed by atoms with Gasteiger partial charge in [-0.05, 0) is 42.5 Å². The van der Waals surface area contributed by atoms with E-state index in [1.807, 2.05) is 30.9 Å². The van der Waals surface area contributed by atoms with Crippen LogP contribution in [-0.4, -0.2) is 39.5 Å². The molecule has 5 rings (SSSR count). The molecule has 0 unspecified atom stereocenters. The number of hydrogen-bond acceptors (Lipinski definition) is 3. The summed E-state index contributed by atoms with van der Waals surface area (Å²) in [5.41, 5.74) is 5.28. The number of rotatable bonds is 5. The molecule has 170 valence electrons. The molecule has 1 fully saturated rings. The summed E-state index contributed by atoms with van der Waals surface area (Å²) in [6.07, 6.45) is 7.14. The molecule has 1 saturated heterocycles. The van der Waals surface area contributed by atoms with Gasteiger partial charge in [0.2, 0.25) is 0 Å². The predicted octanol–water partition coefficient (Wildman–Crippen LogP) is 4.45. The lowest BCUT2D eigenvalue weighted by molar-refractivity contribution is 0.0697. The van der Waals surface area contributed by atoms with Crippen LogP contribution in [0.2, 0.25) is 0 Å². The van der Waals surface area contributed by atoms with Gasteiger partial charge < -0.3 is 14.6 Å². The van der Waals surface area contributed by atoms with Gasteiger partial charge in [-0.2, -0.15) is 5.10 Å². The van der Waals surface area contributed by atoms with E-state index in [0.29, 0.717) is 30.7 Å². The van der Waals surface area contributed by atoms with E-state index in [2.05, 4.69) is 34.7 Å². The van der Waals surface area contributed by atoms with E-state index in [1.54, 1.807) is 16.9 Å². The molecule has 1 aliphatic rings. The van der Waals surface area contributed by atoms with Gasteiger partial charge in [0, 0.05) is 56.2 Å². The fourth-order valence-electron chi connectivity index (χ4n) is 4.55. The van der Waals surface area contributed by atoms with Gasteiger partial charge in [0.15, 0.2) is 0 Å². The quantitative estimate of drug-likeness (QED) is 0.493. The van der Waals surface area contributed by atoms with Crippen LogP contribution in [0.1, 0.15) is 34.3 Å². The molecule has 1 N–H and O–H groups in total. The van der Waals surface area contributed by atoms with Crippen molar-refractivity contribution in [2.45, 2.75) is 32.4 Å². The average molecular weight is 447 g/mol. The summed E-state index contributed by atoms with van der Waals surface area (Å²) < 4.78 is 24.1. The molecule has 6 nitrogen and oxygen atoms in total. The molecule has 7 heteroatoms. The molecule has 0 saturated carbocycles. The van der Waals surface area contributed by atoms with Crippen molar-refractivity contribution in [3.8, 4) is 11.1 Å². The van der Waals surface area contributed by atoms with Crippen LogP contribution in [0.3, 0.4) is 0 Å². The van der Waals surface area contributed by atoms with E-state index in [4.69, 9.17) is 4.74 Å². The first-order valence-electron chi connectivity index (χ1n) is 11.2. The van der Waals surface area contributed by atoms with Gasteiger partial charge in [-0.1, -0.05) is 30.3 Å². The number of hydrogen-bond donors (Lipinski definition) is 1. The van der Waals surface area contributed by atoms with Gasteiger partial charge >= 0.3 is 0 Å². The van der Waals surface area contributed by atoms with E-state index >= 15 is 0 Å². The van der Waals surface area contributed by atoms with E-state index < -0.39 is 0 Å². The predicted molar refractivity (Wildman–Crippen MR) is 126 cm³/mol. The molecule has 1 amide bonds. The Hall–Kier alpha value is -3.45. The maximum atomic E-state index is 14.9. The van der Waals surface area contributed by atoms with Crippen molar-refractivity contribution in [3.63, 3.8) is 0 Å². The van der Waals surface area contributed by atoms with Crippen LogP contribution in [0.15, 0.2) is 55.0 Å². The third-order valence-corrected chi connectivity index (χ3v) is 6.32. The topological polar surface area (TPSA) is 61.1 Å². The molecule has 33 heavy (non-hydrogen) atoms. The third kappa shape index (κ3) is 4.28. The van der Waals surface area contributed by atoms with Gasteiger partial charge in [-0.15, -0.1) is 0 Å². The van der Waals surface area contributed by atoms with E-state index in [0.717, 1.165) is 40.6 Å². The van der Waals surface area contributed by atoms with Crippen LogP contribution in [0, 0.1) is 12.7 Å². The van der Waals surface area contributed by atoms with Crippen molar-refractivity contribution in [2.75, 3.05) is 13.2 Å². The molecule has 0 aliphatic carbocycles.